The number of nitrogens with one attached hydrogen (secondary N) is 1. The van der Waals surface area contributed by atoms with E-state index in [-0.39, 0.29) is 37.5 Å². The molecule has 0 saturated heterocycles. The predicted octanol–water partition coefficient (Wildman–Crippen LogP) is 1.47. The molecule has 0 aromatic heterocycles. The fraction of sp³-hybridized carbons (Fsp3) is 0.385. The van der Waals surface area contributed by atoms with Crippen LogP contribution in [-0.4, -0.2) is 35.9 Å². The summed E-state index contributed by atoms with van der Waals surface area (Å²) in [7, 11) is 0. The quantitative estimate of drug-likeness (QED) is 0.686. The third-order valence-electron chi connectivity index (χ3n) is 2.61. The fourth-order valence-corrected chi connectivity index (χ4v) is 1.78. The second-order valence-electron chi connectivity index (χ2n) is 4.46. The van der Waals surface area contributed by atoms with Crippen LogP contribution >= 0.6 is 12.4 Å². The first kappa shape index (κ1) is 21.0. The number of aliphatic carboxylic acids is 1. The molecule has 0 aliphatic rings. The van der Waals surface area contributed by atoms with Crippen molar-refractivity contribution in [1.29, 1.82) is 0 Å². The number of hydrogen-bond donors (Lipinski definition) is 3. The van der Waals surface area contributed by atoms with Crippen LogP contribution in [-0.2, 0) is 16.0 Å². The zero-order valence-corrected chi connectivity index (χ0v) is 12.6. The van der Waals surface area contributed by atoms with Crippen molar-refractivity contribution in [3.63, 3.8) is 0 Å². The lowest BCUT2D eigenvalue weighted by molar-refractivity contribution is -0.274. The summed E-state index contributed by atoms with van der Waals surface area (Å²) in [4.78, 5) is 22.0. The van der Waals surface area contributed by atoms with Gasteiger partial charge in [0.25, 0.3) is 0 Å². The molecule has 0 fully saturated rings. The third kappa shape index (κ3) is 8.89. The van der Waals surface area contributed by atoms with Crippen LogP contribution in [0.3, 0.4) is 0 Å². The van der Waals surface area contributed by atoms with Crippen LogP contribution in [0.25, 0.3) is 0 Å². The van der Waals surface area contributed by atoms with Crippen molar-refractivity contribution in [2.24, 2.45) is 5.73 Å². The molecule has 0 bridgehead atoms. The third-order valence-corrected chi connectivity index (χ3v) is 2.61. The van der Waals surface area contributed by atoms with E-state index in [2.05, 4.69) is 10.1 Å². The molecule has 130 valence electrons. The van der Waals surface area contributed by atoms with E-state index in [1.807, 2.05) is 0 Å². The minimum atomic E-state index is -4.78. The number of carboxylic acids is 1. The summed E-state index contributed by atoms with van der Waals surface area (Å²) < 4.78 is 39.8. The van der Waals surface area contributed by atoms with Crippen molar-refractivity contribution >= 4 is 24.3 Å². The number of ether oxygens (including phenoxy) is 1. The molecule has 0 heterocycles. The Labute approximate surface area is 136 Å². The summed E-state index contributed by atoms with van der Waals surface area (Å²) in [5.41, 5.74) is 5.69. The Bertz CT molecular complexity index is 523. The monoisotopic (exact) mass is 356 g/mol. The van der Waals surface area contributed by atoms with Gasteiger partial charge in [-0.3, -0.25) is 9.59 Å². The lowest BCUT2D eigenvalue weighted by atomic mass is 10.0. The van der Waals surface area contributed by atoms with Crippen molar-refractivity contribution < 1.29 is 32.6 Å². The maximum atomic E-state index is 12.0. The van der Waals surface area contributed by atoms with Crippen molar-refractivity contribution in [2.45, 2.75) is 25.2 Å². The number of carbonyl (C=O) groups excluding carboxylic acids is 1. The van der Waals surface area contributed by atoms with Crippen LogP contribution in [0.5, 0.6) is 5.75 Å². The molecule has 1 amide bonds. The Morgan fingerprint density at radius 2 is 1.83 bits per heavy atom. The molecule has 1 unspecified atom stereocenters. The van der Waals surface area contributed by atoms with Gasteiger partial charge in [-0.2, -0.15) is 0 Å². The minimum absolute atomic E-state index is 0. The molecule has 23 heavy (non-hydrogen) atoms. The number of halogens is 4. The largest absolute Gasteiger partial charge is 0.573 e. The zero-order valence-electron chi connectivity index (χ0n) is 11.8. The predicted molar refractivity (Wildman–Crippen MR) is 77.3 cm³/mol. The van der Waals surface area contributed by atoms with Gasteiger partial charge in [-0.25, -0.2) is 0 Å². The maximum absolute atomic E-state index is 12.0. The lowest BCUT2D eigenvalue weighted by Crippen LogP contribution is -2.41. The number of carboxylic acid groups (broad SMARTS) is 1. The second-order valence-corrected chi connectivity index (χ2v) is 4.46. The van der Waals surface area contributed by atoms with Gasteiger partial charge in [0.15, 0.2) is 0 Å². The number of benzene rings is 1. The van der Waals surface area contributed by atoms with Gasteiger partial charge in [-0.1, -0.05) is 12.1 Å². The summed E-state index contributed by atoms with van der Waals surface area (Å²) in [5, 5.41) is 11.2. The van der Waals surface area contributed by atoms with Crippen LogP contribution in [0.4, 0.5) is 13.2 Å². The van der Waals surface area contributed by atoms with Crippen LogP contribution < -0.4 is 15.8 Å². The fourth-order valence-electron chi connectivity index (χ4n) is 1.78. The number of amides is 1. The molecule has 0 radical (unpaired) electrons. The highest BCUT2D eigenvalue weighted by Gasteiger charge is 2.31. The van der Waals surface area contributed by atoms with E-state index in [0.717, 1.165) is 12.1 Å². The second kappa shape index (κ2) is 9.21. The van der Waals surface area contributed by atoms with Crippen molar-refractivity contribution in [3.8, 4) is 5.75 Å². The van der Waals surface area contributed by atoms with Crippen LogP contribution in [0, 0.1) is 0 Å². The van der Waals surface area contributed by atoms with E-state index in [4.69, 9.17) is 10.8 Å². The highest BCUT2D eigenvalue weighted by atomic mass is 35.5. The standard InChI is InChI=1S/C13H15F3N2O4.ClH/c14-13(15,16)22-10-3-1-8(2-4-10)5-9(6-12(20)21)18-11(19)7-17;/h1-4,9H,5-7,17H2,(H,18,19)(H,20,21);1H. The van der Waals surface area contributed by atoms with Gasteiger partial charge < -0.3 is 20.9 Å². The molecule has 1 aromatic carbocycles. The summed E-state index contributed by atoms with van der Waals surface area (Å²) in [6.45, 7) is -0.283. The van der Waals surface area contributed by atoms with E-state index in [0.29, 0.717) is 5.56 Å². The first-order valence-corrected chi connectivity index (χ1v) is 6.25. The Balaban J connectivity index is 0.00000484. The Morgan fingerprint density at radius 3 is 2.26 bits per heavy atom. The smallest absolute Gasteiger partial charge is 0.481 e. The van der Waals surface area contributed by atoms with E-state index in [1.165, 1.54) is 12.1 Å². The summed E-state index contributed by atoms with van der Waals surface area (Å²) in [6.07, 6.45) is -4.96. The van der Waals surface area contributed by atoms with Crippen LogP contribution in [0.2, 0.25) is 0 Å². The van der Waals surface area contributed by atoms with E-state index >= 15 is 0 Å². The number of hydrogen-bond acceptors (Lipinski definition) is 4. The summed E-state index contributed by atoms with van der Waals surface area (Å²) >= 11 is 0. The van der Waals surface area contributed by atoms with E-state index in [9.17, 15) is 22.8 Å². The average Bonchev–Trinajstić information content (AvgIpc) is 2.38. The SMILES string of the molecule is Cl.NCC(=O)NC(CC(=O)O)Cc1ccc(OC(F)(F)F)cc1. The molecule has 0 aliphatic heterocycles. The molecule has 10 heteroatoms. The van der Waals surface area contributed by atoms with Gasteiger partial charge in [0, 0.05) is 6.04 Å². The number of alkyl halides is 3. The Morgan fingerprint density at radius 1 is 1.26 bits per heavy atom. The Hall–Kier alpha value is -2.00. The van der Waals surface area contributed by atoms with Gasteiger partial charge in [0.05, 0.1) is 13.0 Å². The molecule has 0 spiro atoms. The van der Waals surface area contributed by atoms with Crippen LogP contribution in [0.15, 0.2) is 24.3 Å². The minimum Gasteiger partial charge on any atom is -0.481 e. The molecule has 1 atom stereocenters. The van der Waals surface area contributed by atoms with Gasteiger partial charge in [-0.15, -0.1) is 25.6 Å². The van der Waals surface area contributed by atoms with E-state index in [1.54, 1.807) is 0 Å². The van der Waals surface area contributed by atoms with E-state index < -0.39 is 24.3 Å². The number of nitrogens with two attached hydrogens (primary N) is 1. The molecule has 4 N–H and O–H groups in total. The molecule has 1 rings (SSSR count). The Kier molecular flexibility index (Phi) is 8.41. The van der Waals surface area contributed by atoms with Crippen LogP contribution in [0.1, 0.15) is 12.0 Å². The molecule has 0 aliphatic carbocycles. The van der Waals surface area contributed by atoms with Gasteiger partial charge >= 0.3 is 12.3 Å². The normalized spacial score (nSPS) is 12.0. The van der Waals surface area contributed by atoms with Gasteiger partial charge in [-0.05, 0) is 24.1 Å². The topological polar surface area (TPSA) is 102 Å². The molecule has 0 saturated carbocycles. The number of rotatable bonds is 7. The average molecular weight is 357 g/mol. The first-order valence-electron chi connectivity index (χ1n) is 6.25. The summed E-state index contributed by atoms with van der Waals surface area (Å²) in [6, 6.07) is 4.26. The highest BCUT2D eigenvalue weighted by Crippen LogP contribution is 2.23. The molecule has 1 aromatic rings. The molecule has 6 nitrogen and oxygen atoms in total. The van der Waals surface area contributed by atoms with Gasteiger partial charge in [0.2, 0.25) is 5.91 Å². The number of carbonyl (C=O) groups is 2. The molecular weight excluding hydrogens is 341 g/mol. The zero-order chi connectivity index (χ0) is 16.8. The highest BCUT2D eigenvalue weighted by molar-refractivity contribution is 5.85. The van der Waals surface area contributed by atoms with Crippen molar-refractivity contribution in [2.75, 3.05) is 6.54 Å². The van der Waals surface area contributed by atoms with Crippen molar-refractivity contribution in [3.05, 3.63) is 29.8 Å². The first-order chi connectivity index (χ1) is 10.2. The lowest BCUT2D eigenvalue weighted by Gasteiger charge is -2.17. The maximum Gasteiger partial charge on any atom is 0.573 e. The summed E-state index contributed by atoms with van der Waals surface area (Å²) in [5.74, 6) is -2.00. The molecular formula is C13H16ClF3N2O4. The van der Waals surface area contributed by atoms with Gasteiger partial charge in [0.1, 0.15) is 5.75 Å². The van der Waals surface area contributed by atoms with Crippen molar-refractivity contribution in [1.82, 2.24) is 5.32 Å².